The molecule has 0 aliphatic rings. The summed E-state index contributed by atoms with van der Waals surface area (Å²) in [7, 11) is 0. The number of amides is 1. The average Bonchev–Trinajstić information content (AvgIpc) is 2.35. The molecular weight excluding hydrogens is 341 g/mol. The van der Waals surface area contributed by atoms with Crippen molar-refractivity contribution in [1.82, 2.24) is 5.32 Å². The summed E-state index contributed by atoms with van der Waals surface area (Å²) in [6.07, 6.45) is 0.437. The molecule has 0 heterocycles. The number of carboxylic acids is 1. The first kappa shape index (κ1) is 17.6. The van der Waals surface area contributed by atoms with E-state index in [4.69, 9.17) is 0 Å². The van der Waals surface area contributed by atoms with Crippen LogP contribution in [-0.4, -0.2) is 23.5 Å². The Morgan fingerprint density at radius 3 is 2.52 bits per heavy atom. The van der Waals surface area contributed by atoms with Gasteiger partial charge in [0.05, 0.1) is 11.5 Å². The van der Waals surface area contributed by atoms with Gasteiger partial charge < -0.3 is 10.4 Å². The van der Waals surface area contributed by atoms with E-state index in [1.54, 1.807) is 0 Å². The zero-order valence-corrected chi connectivity index (χ0v) is 13.8. The molecule has 4 nitrogen and oxygen atoms in total. The number of rotatable bonds is 5. The van der Waals surface area contributed by atoms with Gasteiger partial charge in [0.15, 0.2) is 0 Å². The SMILES string of the molecule is CC(C)(C)CC(CNC(=O)c1cc(F)ccc1Br)C(=O)O. The van der Waals surface area contributed by atoms with E-state index in [1.165, 1.54) is 12.1 Å². The van der Waals surface area contributed by atoms with E-state index in [2.05, 4.69) is 21.2 Å². The molecule has 0 radical (unpaired) electrons. The van der Waals surface area contributed by atoms with Crippen molar-refractivity contribution in [3.05, 3.63) is 34.1 Å². The predicted molar refractivity (Wildman–Crippen MR) is 81.6 cm³/mol. The maximum atomic E-state index is 13.2. The molecule has 1 aromatic carbocycles. The van der Waals surface area contributed by atoms with E-state index in [0.29, 0.717) is 10.9 Å². The lowest BCUT2D eigenvalue weighted by Gasteiger charge is -2.23. The van der Waals surface area contributed by atoms with Crippen molar-refractivity contribution >= 4 is 27.8 Å². The minimum Gasteiger partial charge on any atom is -0.481 e. The Hall–Kier alpha value is -1.43. The second kappa shape index (κ2) is 7.02. The summed E-state index contributed by atoms with van der Waals surface area (Å²) >= 11 is 3.17. The summed E-state index contributed by atoms with van der Waals surface area (Å²) in [5.74, 6) is -2.65. The number of carboxylic acid groups (broad SMARTS) is 1. The highest BCUT2D eigenvalue weighted by molar-refractivity contribution is 9.10. The number of benzene rings is 1. The van der Waals surface area contributed by atoms with Crippen molar-refractivity contribution in [3.63, 3.8) is 0 Å². The lowest BCUT2D eigenvalue weighted by molar-refractivity contribution is -0.142. The Kier molecular flexibility index (Phi) is 5.89. The van der Waals surface area contributed by atoms with Crippen LogP contribution in [0.1, 0.15) is 37.6 Å². The number of hydrogen-bond donors (Lipinski definition) is 2. The smallest absolute Gasteiger partial charge is 0.308 e. The number of halogens is 2. The lowest BCUT2D eigenvalue weighted by atomic mass is 9.84. The molecule has 6 heteroatoms. The summed E-state index contributed by atoms with van der Waals surface area (Å²) in [6.45, 7) is 5.82. The van der Waals surface area contributed by atoms with Crippen LogP contribution in [0.2, 0.25) is 0 Å². The molecule has 1 aromatic rings. The third kappa shape index (κ3) is 5.83. The van der Waals surface area contributed by atoms with Crippen molar-refractivity contribution in [3.8, 4) is 0 Å². The summed E-state index contributed by atoms with van der Waals surface area (Å²) in [6, 6.07) is 3.79. The monoisotopic (exact) mass is 359 g/mol. The van der Waals surface area contributed by atoms with Crippen molar-refractivity contribution in [2.75, 3.05) is 6.54 Å². The zero-order chi connectivity index (χ0) is 16.2. The predicted octanol–water partition coefficient (Wildman–Crippen LogP) is 3.46. The van der Waals surface area contributed by atoms with Crippen molar-refractivity contribution in [2.24, 2.45) is 11.3 Å². The number of nitrogens with one attached hydrogen (secondary N) is 1. The van der Waals surface area contributed by atoms with E-state index >= 15 is 0 Å². The van der Waals surface area contributed by atoms with E-state index in [-0.39, 0.29) is 17.5 Å². The van der Waals surface area contributed by atoms with Crippen LogP contribution >= 0.6 is 15.9 Å². The van der Waals surface area contributed by atoms with Gasteiger partial charge in [-0.25, -0.2) is 4.39 Å². The van der Waals surface area contributed by atoms with Crippen LogP contribution in [-0.2, 0) is 4.79 Å². The van der Waals surface area contributed by atoms with Gasteiger partial charge in [-0.2, -0.15) is 0 Å². The first-order valence-corrected chi connectivity index (χ1v) is 7.35. The maximum Gasteiger partial charge on any atom is 0.308 e. The van der Waals surface area contributed by atoms with Crippen LogP contribution in [0.15, 0.2) is 22.7 Å². The third-order valence-electron chi connectivity index (χ3n) is 2.89. The molecule has 0 spiro atoms. The van der Waals surface area contributed by atoms with Crippen molar-refractivity contribution < 1.29 is 19.1 Å². The quantitative estimate of drug-likeness (QED) is 0.845. The molecule has 1 amide bonds. The third-order valence-corrected chi connectivity index (χ3v) is 3.58. The largest absolute Gasteiger partial charge is 0.481 e. The van der Waals surface area contributed by atoms with Gasteiger partial charge in [-0.05, 0) is 46.0 Å². The van der Waals surface area contributed by atoms with Gasteiger partial charge in [0.25, 0.3) is 5.91 Å². The van der Waals surface area contributed by atoms with Crippen molar-refractivity contribution in [2.45, 2.75) is 27.2 Å². The van der Waals surface area contributed by atoms with Crippen LogP contribution in [0.25, 0.3) is 0 Å². The molecule has 0 aliphatic heterocycles. The highest BCUT2D eigenvalue weighted by atomic mass is 79.9. The van der Waals surface area contributed by atoms with Gasteiger partial charge >= 0.3 is 5.97 Å². The minimum absolute atomic E-state index is 0.00832. The van der Waals surface area contributed by atoms with Gasteiger partial charge in [-0.1, -0.05) is 20.8 Å². The first-order chi connectivity index (χ1) is 9.60. The van der Waals surface area contributed by atoms with Gasteiger partial charge in [0, 0.05) is 11.0 Å². The minimum atomic E-state index is -0.955. The fraction of sp³-hybridized carbons (Fsp3) is 0.467. The van der Waals surface area contributed by atoms with E-state index < -0.39 is 23.6 Å². The number of hydrogen-bond acceptors (Lipinski definition) is 2. The summed E-state index contributed by atoms with van der Waals surface area (Å²) in [5.41, 5.74) is -0.0114. The molecule has 0 aromatic heterocycles. The van der Waals surface area contributed by atoms with Gasteiger partial charge in [-0.15, -0.1) is 0 Å². The van der Waals surface area contributed by atoms with E-state index in [0.717, 1.165) is 6.07 Å². The zero-order valence-electron chi connectivity index (χ0n) is 12.2. The fourth-order valence-electron chi connectivity index (χ4n) is 1.97. The molecule has 116 valence electrons. The van der Waals surface area contributed by atoms with Gasteiger partial charge in [-0.3, -0.25) is 9.59 Å². The van der Waals surface area contributed by atoms with E-state index in [9.17, 15) is 19.1 Å². The van der Waals surface area contributed by atoms with Crippen LogP contribution in [0.4, 0.5) is 4.39 Å². The second-order valence-electron chi connectivity index (χ2n) is 6.13. The maximum absolute atomic E-state index is 13.2. The second-order valence-corrected chi connectivity index (χ2v) is 6.99. The van der Waals surface area contributed by atoms with Crippen LogP contribution in [0.3, 0.4) is 0 Å². The molecule has 0 aliphatic carbocycles. The average molecular weight is 360 g/mol. The topological polar surface area (TPSA) is 66.4 Å². The normalized spacial score (nSPS) is 12.8. The molecule has 1 rings (SSSR count). The fourth-order valence-corrected chi connectivity index (χ4v) is 2.40. The lowest BCUT2D eigenvalue weighted by Crippen LogP contribution is -2.35. The Balaban J connectivity index is 2.74. The highest BCUT2D eigenvalue weighted by Crippen LogP contribution is 2.24. The standard InChI is InChI=1S/C15H19BrFNO3/c1-15(2,3)7-9(14(20)21)8-18-13(19)11-6-10(17)4-5-12(11)16/h4-6,9H,7-8H2,1-3H3,(H,18,19)(H,20,21). The van der Waals surface area contributed by atoms with Gasteiger partial charge in [0.1, 0.15) is 5.82 Å². The molecule has 2 N–H and O–H groups in total. The van der Waals surface area contributed by atoms with Gasteiger partial charge in [0.2, 0.25) is 0 Å². The molecule has 1 atom stereocenters. The van der Waals surface area contributed by atoms with Crippen LogP contribution in [0, 0.1) is 17.2 Å². The molecule has 21 heavy (non-hydrogen) atoms. The first-order valence-electron chi connectivity index (χ1n) is 6.56. The summed E-state index contributed by atoms with van der Waals surface area (Å²) in [5, 5.41) is 11.8. The highest BCUT2D eigenvalue weighted by Gasteiger charge is 2.25. The molecule has 0 saturated carbocycles. The van der Waals surface area contributed by atoms with E-state index in [1.807, 2.05) is 20.8 Å². The van der Waals surface area contributed by atoms with Crippen LogP contribution in [0.5, 0.6) is 0 Å². The number of aliphatic carboxylic acids is 1. The Bertz CT molecular complexity index is 540. The summed E-state index contributed by atoms with van der Waals surface area (Å²) < 4.78 is 13.6. The number of carbonyl (C=O) groups excluding carboxylic acids is 1. The van der Waals surface area contributed by atoms with Crippen molar-refractivity contribution in [1.29, 1.82) is 0 Å². The Morgan fingerprint density at radius 2 is 2.00 bits per heavy atom. The Labute approximate surface area is 131 Å². The summed E-state index contributed by atoms with van der Waals surface area (Å²) in [4.78, 5) is 23.2. The molecule has 0 fully saturated rings. The molecule has 1 unspecified atom stereocenters. The van der Waals surface area contributed by atoms with Crippen LogP contribution < -0.4 is 5.32 Å². The Morgan fingerprint density at radius 1 is 1.38 bits per heavy atom. The molecule has 0 saturated heterocycles. The molecular formula is C15H19BrFNO3. The number of carbonyl (C=O) groups is 2. The molecule has 0 bridgehead atoms.